The number of rotatable bonds is 6. The van der Waals surface area contributed by atoms with Crippen molar-refractivity contribution in [3.05, 3.63) is 30.1 Å². The second kappa shape index (κ2) is 7.39. The topological polar surface area (TPSA) is 42.0 Å². The number of carbonyl (C=O) groups excluding carboxylic acids is 1. The second-order valence-electron chi connectivity index (χ2n) is 3.87. The maximum atomic E-state index is 11.6. The number of halogens is 1. The molecule has 3 nitrogen and oxygen atoms in total. The minimum absolute atomic E-state index is 0.0907. The van der Waals surface area contributed by atoms with Gasteiger partial charge in [0.15, 0.2) is 0 Å². The Labute approximate surface area is 105 Å². The van der Waals surface area contributed by atoms with Gasteiger partial charge in [0.25, 0.3) is 5.91 Å². The van der Waals surface area contributed by atoms with E-state index < -0.39 is 0 Å². The summed E-state index contributed by atoms with van der Waals surface area (Å²) in [5.74, 6) is 0.568. The van der Waals surface area contributed by atoms with Gasteiger partial charge in [0.1, 0.15) is 5.69 Å². The Hall–Kier alpha value is -0.900. The number of hydrogen-bond acceptors (Lipinski definition) is 2. The summed E-state index contributed by atoms with van der Waals surface area (Å²) in [7, 11) is 0. The van der Waals surface area contributed by atoms with Crippen LogP contribution in [0, 0.1) is 5.92 Å². The van der Waals surface area contributed by atoms with Crippen LogP contribution in [0.5, 0.6) is 0 Å². The van der Waals surface area contributed by atoms with Crippen LogP contribution in [0.15, 0.2) is 24.4 Å². The molecule has 4 heteroatoms. The van der Waals surface area contributed by atoms with Gasteiger partial charge in [0.2, 0.25) is 0 Å². The second-order valence-corrected chi connectivity index (χ2v) is 4.52. The zero-order valence-electron chi connectivity index (χ0n) is 9.45. The highest BCUT2D eigenvalue weighted by atomic mass is 79.9. The predicted octanol–water partition coefficient (Wildman–Crippen LogP) is 2.62. The first-order valence-corrected chi connectivity index (χ1v) is 6.61. The number of hydrogen-bond donors (Lipinski definition) is 1. The first-order valence-electron chi connectivity index (χ1n) is 5.49. The average molecular weight is 285 g/mol. The summed E-state index contributed by atoms with van der Waals surface area (Å²) in [6.45, 7) is 2.90. The summed E-state index contributed by atoms with van der Waals surface area (Å²) < 4.78 is 0. The van der Waals surface area contributed by atoms with Crippen LogP contribution in [0.1, 0.15) is 30.3 Å². The van der Waals surface area contributed by atoms with Crippen LogP contribution >= 0.6 is 15.9 Å². The Balaban J connectivity index is 2.21. The largest absolute Gasteiger partial charge is 0.351 e. The quantitative estimate of drug-likeness (QED) is 0.645. The first kappa shape index (κ1) is 13.2. The molecule has 0 aromatic carbocycles. The highest BCUT2D eigenvalue weighted by molar-refractivity contribution is 9.09. The molecule has 0 saturated carbocycles. The highest BCUT2D eigenvalue weighted by Gasteiger charge is 2.05. The van der Waals surface area contributed by atoms with Crippen LogP contribution in [-0.4, -0.2) is 22.8 Å². The van der Waals surface area contributed by atoms with Crippen molar-refractivity contribution in [3.8, 4) is 0 Å². The fraction of sp³-hybridized carbons (Fsp3) is 0.500. The van der Waals surface area contributed by atoms with Crippen molar-refractivity contribution < 1.29 is 4.79 Å². The van der Waals surface area contributed by atoms with E-state index in [0.29, 0.717) is 18.2 Å². The van der Waals surface area contributed by atoms with Crippen molar-refractivity contribution in [3.63, 3.8) is 0 Å². The predicted molar refractivity (Wildman–Crippen MR) is 68.8 cm³/mol. The molecule has 0 saturated heterocycles. The zero-order chi connectivity index (χ0) is 11.8. The van der Waals surface area contributed by atoms with Gasteiger partial charge in [-0.1, -0.05) is 28.9 Å². The number of alkyl halides is 1. The molecule has 16 heavy (non-hydrogen) atoms. The van der Waals surface area contributed by atoms with Gasteiger partial charge in [-0.15, -0.1) is 0 Å². The summed E-state index contributed by atoms with van der Waals surface area (Å²) in [6.07, 6.45) is 3.75. The van der Waals surface area contributed by atoms with E-state index in [9.17, 15) is 4.79 Å². The van der Waals surface area contributed by atoms with Crippen molar-refractivity contribution in [1.82, 2.24) is 10.3 Å². The van der Waals surface area contributed by atoms with Gasteiger partial charge in [-0.3, -0.25) is 9.78 Å². The van der Waals surface area contributed by atoms with E-state index in [0.717, 1.165) is 18.2 Å². The number of nitrogens with one attached hydrogen (secondary N) is 1. The molecule has 1 aromatic heterocycles. The van der Waals surface area contributed by atoms with E-state index in [2.05, 4.69) is 33.2 Å². The summed E-state index contributed by atoms with van der Waals surface area (Å²) in [4.78, 5) is 15.6. The summed E-state index contributed by atoms with van der Waals surface area (Å²) >= 11 is 3.44. The fourth-order valence-corrected chi connectivity index (χ4v) is 1.64. The fourth-order valence-electron chi connectivity index (χ4n) is 1.32. The Kier molecular flexibility index (Phi) is 6.08. The first-order chi connectivity index (χ1) is 7.74. The lowest BCUT2D eigenvalue weighted by Gasteiger charge is -2.07. The number of amides is 1. The molecular weight excluding hydrogens is 268 g/mol. The van der Waals surface area contributed by atoms with Crippen LogP contribution < -0.4 is 5.32 Å². The minimum atomic E-state index is -0.0907. The maximum absolute atomic E-state index is 11.6. The van der Waals surface area contributed by atoms with Gasteiger partial charge in [-0.25, -0.2) is 0 Å². The molecule has 0 aliphatic rings. The molecule has 1 unspecified atom stereocenters. The van der Waals surface area contributed by atoms with Gasteiger partial charge >= 0.3 is 0 Å². The molecule has 0 fully saturated rings. The summed E-state index contributed by atoms with van der Waals surface area (Å²) in [5, 5.41) is 3.88. The number of nitrogens with zero attached hydrogens (tertiary/aromatic N) is 1. The molecule has 1 N–H and O–H groups in total. The standard InChI is InChI=1S/C12H17BrN2O/c1-10(9-13)5-4-8-15-12(16)11-6-2-3-7-14-11/h2-3,6-7,10H,4-5,8-9H2,1H3,(H,15,16). The molecule has 0 bridgehead atoms. The summed E-state index contributed by atoms with van der Waals surface area (Å²) in [6, 6.07) is 5.33. The van der Waals surface area contributed by atoms with Gasteiger partial charge < -0.3 is 5.32 Å². The molecule has 0 aliphatic heterocycles. The van der Waals surface area contributed by atoms with Crippen molar-refractivity contribution in [1.29, 1.82) is 0 Å². The van der Waals surface area contributed by atoms with Crippen LogP contribution in [0.3, 0.4) is 0 Å². The smallest absolute Gasteiger partial charge is 0.269 e. The number of aromatic nitrogens is 1. The third-order valence-corrected chi connectivity index (χ3v) is 3.43. The molecule has 1 atom stereocenters. The average Bonchev–Trinajstić information content (AvgIpc) is 2.35. The van der Waals surface area contributed by atoms with E-state index in [4.69, 9.17) is 0 Å². The van der Waals surface area contributed by atoms with Gasteiger partial charge in [0.05, 0.1) is 0 Å². The zero-order valence-corrected chi connectivity index (χ0v) is 11.0. The Bertz CT molecular complexity index is 316. The third kappa shape index (κ3) is 4.75. The van der Waals surface area contributed by atoms with Crippen molar-refractivity contribution >= 4 is 21.8 Å². The molecule has 1 heterocycles. The highest BCUT2D eigenvalue weighted by Crippen LogP contribution is 2.07. The van der Waals surface area contributed by atoms with Gasteiger partial charge in [-0.05, 0) is 30.9 Å². The van der Waals surface area contributed by atoms with Gasteiger partial charge in [0, 0.05) is 18.1 Å². The molecule has 1 amide bonds. The number of carbonyl (C=O) groups is 1. The van der Waals surface area contributed by atoms with E-state index >= 15 is 0 Å². The van der Waals surface area contributed by atoms with Crippen molar-refractivity contribution in [2.75, 3.05) is 11.9 Å². The molecule has 1 aromatic rings. The van der Waals surface area contributed by atoms with E-state index in [1.165, 1.54) is 0 Å². The molecule has 88 valence electrons. The van der Waals surface area contributed by atoms with Gasteiger partial charge in [-0.2, -0.15) is 0 Å². The van der Waals surface area contributed by atoms with Crippen molar-refractivity contribution in [2.24, 2.45) is 5.92 Å². The monoisotopic (exact) mass is 284 g/mol. The van der Waals surface area contributed by atoms with Crippen LogP contribution in [0.2, 0.25) is 0 Å². The molecule has 0 spiro atoms. The molecule has 0 aliphatic carbocycles. The van der Waals surface area contributed by atoms with E-state index in [-0.39, 0.29) is 5.91 Å². The maximum Gasteiger partial charge on any atom is 0.269 e. The molecular formula is C12H17BrN2O. The lowest BCUT2D eigenvalue weighted by molar-refractivity contribution is 0.0947. The molecule has 1 rings (SSSR count). The third-order valence-electron chi connectivity index (χ3n) is 2.32. The Morgan fingerprint density at radius 3 is 3.00 bits per heavy atom. The SMILES string of the molecule is CC(CBr)CCCNC(=O)c1ccccn1. The van der Waals surface area contributed by atoms with Crippen LogP contribution in [-0.2, 0) is 0 Å². The lowest BCUT2D eigenvalue weighted by atomic mass is 10.1. The van der Waals surface area contributed by atoms with E-state index in [1.807, 2.05) is 6.07 Å². The Morgan fingerprint density at radius 2 is 2.38 bits per heavy atom. The molecule has 0 radical (unpaired) electrons. The number of pyridine rings is 1. The lowest BCUT2D eigenvalue weighted by Crippen LogP contribution is -2.25. The van der Waals surface area contributed by atoms with Crippen LogP contribution in [0.4, 0.5) is 0 Å². The summed E-state index contributed by atoms with van der Waals surface area (Å²) in [5.41, 5.74) is 0.482. The Morgan fingerprint density at radius 1 is 1.56 bits per heavy atom. The van der Waals surface area contributed by atoms with E-state index in [1.54, 1.807) is 18.3 Å². The minimum Gasteiger partial charge on any atom is -0.351 e. The van der Waals surface area contributed by atoms with Crippen molar-refractivity contribution in [2.45, 2.75) is 19.8 Å². The normalized spacial score (nSPS) is 12.1. The van der Waals surface area contributed by atoms with Crippen LogP contribution in [0.25, 0.3) is 0 Å².